The number of imide groups is 1. The van der Waals surface area contributed by atoms with Crippen LogP contribution in [0.4, 0.5) is 0 Å². The highest BCUT2D eigenvalue weighted by atomic mass is 16.3. The van der Waals surface area contributed by atoms with E-state index in [0.29, 0.717) is 28.1 Å². The van der Waals surface area contributed by atoms with Gasteiger partial charge in [-0.1, -0.05) is 13.8 Å². The summed E-state index contributed by atoms with van der Waals surface area (Å²) >= 11 is 0. The van der Waals surface area contributed by atoms with Crippen LogP contribution in [0.1, 0.15) is 46.4 Å². The first kappa shape index (κ1) is 10.0. The average Bonchev–Trinajstić information content (AvgIpc) is 2.80. The summed E-state index contributed by atoms with van der Waals surface area (Å²) in [5.74, 6) is -0.0704. The van der Waals surface area contributed by atoms with E-state index in [1.54, 1.807) is 12.1 Å². The van der Waals surface area contributed by atoms with Gasteiger partial charge in [0.1, 0.15) is 5.52 Å². The molecule has 0 saturated carbocycles. The van der Waals surface area contributed by atoms with Crippen molar-refractivity contribution >= 4 is 22.9 Å². The number of hydrogen-bond donors (Lipinski definition) is 1. The van der Waals surface area contributed by atoms with Crippen molar-refractivity contribution in [3.63, 3.8) is 0 Å². The van der Waals surface area contributed by atoms with E-state index in [9.17, 15) is 9.59 Å². The highest BCUT2D eigenvalue weighted by Crippen LogP contribution is 2.28. The molecule has 5 nitrogen and oxygen atoms in total. The summed E-state index contributed by atoms with van der Waals surface area (Å²) in [6.07, 6.45) is 0. The first-order chi connectivity index (χ1) is 8.08. The smallest absolute Gasteiger partial charge is 0.261 e. The summed E-state index contributed by atoms with van der Waals surface area (Å²) in [6.45, 7) is 3.91. The summed E-state index contributed by atoms with van der Waals surface area (Å²) in [6, 6.07) is 3.26. The lowest BCUT2D eigenvalue weighted by Gasteiger charge is -1.93. The number of benzene rings is 1. The lowest BCUT2D eigenvalue weighted by Crippen LogP contribution is -2.20. The third-order valence-electron chi connectivity index (χ3n) is 2.77. The molecular weight excluding hydrogens is 220 g/mol. The van der Waals surface area contributed by atoms with Crippen molar-refractivity contribution in [2.24, 2.45) is 0 Å². The van der Waals surface area contributed by atoms with Crippen molar-refractivity contribution in [2.45, 2.75) is 19.8 Å². The van der Waals surface area contributed by atoms with Crippen LogP contribution in [0.2, 0.25) is 0 Å². The lowest BCUT2D eigenvalue weighted by atomic mass is 10.1. The molecule has 0 fully saturated rings. The van der Waals surface area contributed by atoms with Gasteiger partial charge in [0.15, 0.2) is 11.5 Å². The van der Waals surface area contributed by atoms with E-state index >= 15 is 0 Å². The van der Waals surface area contributed by atoms with Crippen molar-refractivity contribution in [3.8, 4) is 0 Å². The predicted octanol–water partition coefficient (Wildman–Crippen LogP) is 1.83. The van der Waals surface area contributed by atoms with E-state index in [2.05, 4.69) is 10.3 Å². The number of nitrogens with one attached hydrogen (secondary N) is 1. The second kappa shape index (κ2) is 3.16. The molecule has 0 bridgehead atoms. The molecule has 5 heteroatoms. The zero-order chi connectivity index (χ0) is 12.2. The number of carbonyl (C=O) groups excluding carboxylic acids is 2. The number of amides is 2. The first-order valence-electron chi connectivity index (χ1n) is 5.37. The molecule has 0 saturated heterocycles. The van der Waals surface area contributed by atoms with E-state index in [0.717, 1.165) is 0 Å². The number of rotatable bonds is 1. The molecular formula is C12H10N2O3. The van der Waals surface area contributed by atoms with Gasteiger partial charge in [0.2, 0.25) is 0 Å². The molecule has 1 aliphatic heterocycles. The predicted molar refractivity (Wildman–Crippen MR) is 59.9 cm³/mol. The minimum absolute atomic E-state index is 0.137. The van der Waals surface area contributed by atoms with Crippen molar-refractivity contribution < 1.29 is 14.0 Å². The van der Waals surface area contributed by atoms with Gasteiger partial charge in [-0.15, -0.1) is 0 Å². The fourth-order valence-corrected chi connectivity index (χ4v) is 1.91. The highest BCUT2D eigenvalue weighted by molar-refractivity contribution is 6.25. The Morgan fingerprint density at radius 1 is 1.24 bits per heavy atom. The molecule has 86 valence electrons. The molecule has 2 amide bonds. The van der Waals surface area contributed by atoms with E-state index in [-0.39, 0.29) is 11.8 Å². The van der Waals surface area contributed by atoms with E-state index in [4.69, 9.17) is 4.42 Å². The van der Waals surface area contributed by atoms with Gasteiger partial charge in [-0.05, 0) is 12.1 Å². The lowest BCUT2D eigenvalue weighted by molar-refractivity contribution is 0.0880. The van der Waals surface area contributed by atoms with Crippen molar-refractivity contribution in [2.75, 3.05) is 0 Å². The van der Waals surface area contributed by atoms with E-state index in [1.165, 1.54) is 0 Å². The zero-order valence-electron chi connectivity index (χ0n) is 9.40. The Hall–Kier alpha value is -2.17. The molecule has 3 rings (SSSR count). The maximum absolute atomic E-state index is 11.7. The molecule has 2 aromatic rings. The Morgan fingerprint density at radius 3 is 2.71 bits per heavy atom. The van der Waals surface area contributed by atoms with Crippen LogP contribution in [0.3, 0.4) is 0 Å². The molecule has 0 radical (unpaired) electrons. The summed E-state index contributed by atoms with van der Waals surface area (Å²) < 4.78 is 5.54. The van der Waals surface area contributed by atoms with Crippen LogP contribution in [0.25, 0.3) is 11.1 Å². The molecule has 0 atom stereocenters. The molecule has 17 heavy (non-hydrogen) atoms. The highest BCUT2D eigenvalue weighted by Gasteiger charge is 2.30. The fraction of sp³-hybridized carbons (Fsp3) is 0.250. The SMILES string of the molecule is CC(C)c1nc2c3c(ccc2o1)C(=O)NC3=O. The van der Waals surface area contributed by atoms with Crippen LogP contribution in [0.15, 0.2) is 16.5 Å². The zero-order valence-corrected chi connectivity index (χ0v) is 9.40. The van der Waals surface area contributed by atoms with Gasteiger partial charge in [0.05, 0.1) is 11.1 Å². The summed E-state index contributed by atoms with van der Waals surface area (Å²) in [4.78, 5) is 27.4. The molecule has 0 unspecified atom stereocenters. The topological polar surface area (TPSA) is 72.2 Å². The van der Waals surface area contributed by atoms with E-state index in [1.807, 2.05) is 13.8 Å². The van der Waals surface area contributed by atoms with Crippen LogP contribution in [-0.4, -0.2) is 16.8 Å². The summed E-state index contributed by atoms with van der Waals surface area (Å²) in [7, 11) is 0. The molecule has 0 spiro atoms. The molecule has 2 heterocycles. The second-order valence-corrected chi connectivity index (χ2v) is 4.32. The molecule has 1 N–H and O–H groups in total. The van der Waals surface area contributed by atoms with Crippen LogP contribution < -0.4 is 5.32 Å². The van der Waals surface area contributed by atoms with Crippen LogP contribution in [-0.2, 0) is 0 Å². The molecule has 1 aromatic heterocycles. The van der Waals surface area contributed by atoms with Crippen molar-refractivity contribution in [3.05, 3.63) is 29.2 Å². The minimum atomic E-state index is -0.404. The molecule has 1 aliphatic rings. The number of nitrogens with zero attached hydrogens (tertiary/aromatic N) is 1. The molecule has 0 aliphatic carbocycles. The minimum Gasteiger partial charge on any atom is -0.440 e. The van der Waals surface area contributed by atoms with Crippen LogP contribution >= 0.6 is 0 Å². The van der Waals surface area contributed by atoms with Crippen LogP contribution in [0.5, 0.6) is 0 Å². The Balaban J connectivity index is 2.35. The third-order valence-corrected chi connectivity index (χ3v) is 2.77. The Kier molecular flexibility index (Phi) is 1.86. The van der Waals surface area contributed by atoms with Gasteiger partial charge in [0, 0.05) is 5.92 Å². The van der Waals surface area contributed by atoms with Gasteiger partial charge in [-0.2, -0.15) is 0 Å². The number of hydrogen-bond acceptors (Lipinski definition) is 4. The van der Waals surface area contributed by atoms with Crippen LogP contribution in [0, 0.1) is 0 Å². The average molecular weight is 230 g/mol. The fourth-order valence-electron chi connectivity index (χ4n) is 1.91. The normalized spacial score (nSPS) is 14.5. The Labute approximate surface area is 96.8 Å². The maximum atomic E-state index is 11.7. The van der Waals surface area contributed by atoms with E-state index < -0.39 is 5.91 Å². The first-order valence-corrected chi connectivity index (χ1v) is 5.37. The Morgan fingerprint density at radius 2 is 2.00 bits per heavy atom. The van der Waals surface area contributed by atoms with Gasteiger partial charge in [-0.3, -0.25) is 14.9 Å². The molecule has 1 aromatic carbocycles. The monoisotopic (exact) mass is 230 g/mol. The standard InChI is InChI=1S/C12H10N2O3/c1-5(2)12-13-9-7(17-12)4-3-6-8(9)11(16)14-10(6)15/h3-5H,1-2H3,(H,14,15,16). The maximum Gasteiger partial charge on any atom is 0.261 e. The summed E-state index contributed by atoms with van der Waals surface area (Å²) in [5.41, 5.74) is 1.70. The van der Waals surface area contributed by atoms with Gasteiger partial charge < -0.3 is 4.42 Å². The second-order valence-electron chi connectivity index (χ2n) is 4.32. The number of oxazole rings is 1. The number of carbonyl (C=O) groups is 2. The summed E-state index contributed by atoms with van der Waals surface area (Å²) in [5, 5.41) is 2.25. The number of fused-ring (bicyclic) bond motifs is 3. The van der Waals surface area contributed by atoms with Gasteiger partial charge in [-0.25, -0.2) is 4.98 Å². The van der Waals surface area contributed by atoms with Gasteiger partial charge in [0.25, 0.3) is 11.8 Å². The number of aromatic nitrogens is 1. The van der Waals surface area contributed by atoms with Crippen molar-refractivity contribution in [1.29, 1.82) is 0 Å². The Bertz CT molecular complexity index is 655. The third kappa shape index (κ3) is 1.28. The van der Waals surface area contributed by atoms with Crippen molar-refractivity contribution in [1.82, 2.24) is 10.3 Å². The van der Waals surface area contributed by atoms with Gasteiger partial charge >= 0.3 is 0 Å². The quantitative estimate of drug-likeness (QED) is 0.758. The largest absolute Gasteiger partial charge is 0.440 e.